The lowest BCUT2D eigenvalue weighted by Crippen LogP contribution is -2.37. The van der Waals surface area contributed by atoms with E-state index < -0.39 is 10.0 Å². The molecule has 2 aromatic rings. The topological polar surface area (TPSA) is 69.7 Å². The Labute approximate surface area is 200 Å². The molecule has 1 N–H and O–H groups in total. The van der Waals surface area contributed by atoms with Crippen molar-refractivity contribution in [3.8, 4) is 0 Å². The molecular formula is C23H29Cl2N3O3S. The molecule has 32 heavy (non-hydrogen) atoms. The summed E-state index contributed by atoms with van der Waals surface area (Å²) in [4.78, 5) is 17.6. The second-order valence-electron chi connectivity index (χ2n) is 7.96. The summed E-state index contributed by atoms with van der Waals surface area (Å²) in [7, 11) is -2.08. The van der Waals surface area contributed by atoms with Crippen LogP contribution in [0.2, 0.25) is 10.0 Å². The van der Waals surface area contributed by atoms with Crippen molar-refractivity contribution >= 4 is 39.1 Å². The highest BCUT2D eigenvalue weighted by atomic mass is 35.5. The number of carbonyl (C=O) groups is 1. The molecule has 1 amide bonds. The standard InChI is InChI=1S/C23H29Cl2N3O3S/c1-26-32(30,31)20-8-4-18(5-9-20)7-11-23(29)28(15-14-27-12-2-3-13-27)17-19-6-10-21(24)22(25)16-19/h4-6,8-10,16,26H,2-3,7,11-15,17H2,1H3. The fourth-order valence-corrected chi connectivity index (χ4v) is 4.83. The van der Waals surface area contributed by atoms with Gasteiger partial charge in [0.2, 0.25) is 15.9 Å². The zero-order valence-electron chi connectivity index (χ0n) is 18.2. The first kappa shape index (κ1) is 25.0. The molecule has 6 nitrogen and oxygen atoms in total. The van der Waals surface area contributed by atoms with Crippen LogP contribution in [-0.2, 0) is 27.8 Å². The van der Waals surface area contributed by atoms with E-state index in [4.69, 9.17) is 23.2 Å². The van der Waals surface area contributed by atoms with Crippen molar-refractivity contribution in [2.24, 2.45) is 0 Å². The smallest absolute Gasteiger partial charge is 0.240 e. The molecule has 0 unspecified atom stereocenters. The van der Waals surface area contributed by atoms with E-state index in [1.807, 2.05) is 11.0 Å². The van der Waals surface area contributed by atoms with E-state index in [2.05, 4.69) is 9.62 Å². The van der Waals surface area contributed by atoms with Crippen LogP contribution in [0.3, 0.4) is 0 Å². The maximum absolute atomic E-state index is 13.1. The van der Waals surface area contributed by atoms with Gasteiger partial charge >= 0.3 is 0 Å². The summed E-state index contributed by atoms with van der Waals surface area (Å²) in [6.07, 6.45) is 3.31. The van der Waals surface area contributed by atoms with E-state index in [1.165, 1.54) is 19.9 Å². The number of sulfonamides is 1. The van der Waals surface area contributed by atoms with Crippen LogP contribution in [0.15, 0.2) is 47.4 Å². The number of nitrogens with one attached hydrogen (secondary N) is 1. The molecule has 1 fully saturated rings. The molecule has 0 aromatic heterocycles. The van der Waals surface area contributed by atoms with Gasteiger partial charge in [-0.2, -0.15) is 0 Å². The van der Waals surface area contributed by atoms with E-state index in [-0.39, 0.29) is 10.8 Å². The summed E-state index contributed by atoms with van der Waals surface area (Å²) >= 11 is 12.2. The number of rotatable bonds is 10. The van der Waals surface area contributed by atoms with Crippen LogP contribution in [0.5, 0.6) is 0 Å². The number of amides is 1. The molecule has 3 rings (SSSR count). The Balaban J connectivity index is 1.64. The SMILES string of the molecule is CNS(=O)(=O)c1ccc(CCC(=O)N(CCN2CCCC2)Cc2ccc(Cl)c(Cl)c2)cc1. The Morgan fingerprint density at radius 2 is 1.69 bits per heavy atom. The fourth-order valence-electron chi connectivity index (χ4n) is 3.78. The van der Waals surface area contributed by atoms with Gasteiger partial charge in [-0.25, -0.2) is 13.1 Å². The number of halogens is 2. The summed E-state index contributed by atoms with van der Waals surface area (Å²) < 4.78 is 26.0. The highest BCUT2D eigenvalue weighted by Gasteiger charge is 2.18. The third kappa shape index (κ3) is 6.93. The van der Waals surface area contributed by atoms with Crippen molar-refractivity contribution in [3.63, 3.8) is 0 Å². The summed E-state index contributed by atoms with van der Waals surface area (Å²) in [5, 5.41) is 0.974. The Morgan fingerprint density at radius 1 is 1.03 bits per heavy atom. The summed E-state index contributed by atoms with van der Waals surface area (Å²) in [6, 6.07) is 12.1. The minimum absolute atomic E-state index is 0.0576. The van der Waals surface area contributed by atoms with Crippen LogP contribution in [0.25, 0.3) is 0 Å². The first-order chi connectivity index (χ1) is 15.3. The fraction of sp³-hybridized carbons (Fsp3) is 0.435. The number of hydrogen-bond acceptors (Lipinski definition) is 4. The number of hydrogen-bond donors (Lipinski definition) is 1. The quantitative estimate of drug-likeness (QED) is 0.539. The van der Waals surface area contributed by atoms with Crippen LogP contribution in [0, 0.1) is 0 Å². The zero-order chi connectivity index (χ0) is 23.1. The number of aryl methyl sites for hydroxylation is 1. The second kappa shape index (κ2) is 11.5. The predicted octanol–water partition coefficient (Wildman–Crippen LogP) is 3.96. The molecule has 0 atom stereocenters. The summed E-state index contributed by atoms with van der Waals surface area (Å²) in [5.41, 5.74) is 1.86. The Hall–Kier alpha value is -1.64. The van der Waals surface area contributed by atoms with Gasteiger partial charge in [0.1, 0.15) is 0 Å². The molecule has 0 aliphatic carbocycles. The summed E-state index contributed by atoms with van der Waals surface area (Å²) in [6.45, 7) is 4.14. The molecule has 9 heteroatoms. The molecule has 2 aromatic carbocycles. The Morgan fingerprint density at radius 3 is 2.31 bits per heavy atom. The first-order valence-corrected chi connectivity index (χ1v) is 13.0. The van der Waals surface area contributed by atoms with E-state index in [0.29, 0.717) is 36.0 Å². The number of likely N-dealkylation sites (tertiary alicyclic amines) is 1. The minimum atomic E-state index is -3.47. The molecule has 1 heterocycles. The van der Waals surface area contributed by atoms with Crippen molar-refractivity contribution in [2.75, 3.05) is 33.2 Å². The van der Waals surface area contributed by atoms with Crippen molar-refractivity contribution in [2.45, 2.75) is 37.1 Å². The Bertz CT molecular complexity index is 1020. The summed E-state index contributed by atoms with van der Waals surface area (Å²) in [5.74, 6) is 0.0576. The van der Waals surface area contributed by atoms with Crippen molar-refractivity contribution < 1.29 is 13.2 Å². The highest BCUT2D eigenvalue weighted by molar-refractivity contribution is 7.89. The van der Waals surface area contributed by atoms with Gasteiger partial charge < -0.3 is 9.80 Å². The van der Waals surface area contributed by atoms with E-state index >= 15 is 0 Å². The van der Waals surface area contributed by atoms with Gasteiger partial charge in [0, 0.05) is 26.1 Å². The lowest BCUT2D eigenvalue weighted by molar-refractivity contribution is -0.132. The largest absolute Gasteiger partial charge is 0.337 e. The minimum Gasteiger partial charge on any atom is -0.337 e. The molecule has 174 valence electrons. The maximum atomic E-state index is 13.1. The monoisotopic (exact) mass is 497 g/mol. The molecular weight excluding hydrogens is 469 g/mol. The van der Waals surface area contributed by atoms with Gasteiger partial charge in [-0.15, -0.1) is 0 Å². The van der Waals surface area contributed by atoms with Gasteiger partial charge in [0.15, 0.2) is 0 Å². The lowest BCUT2D eigenvalue weighted by Gasteiger charge is -2.26. The van der Waals surface area contributed by atoms with Crippen molar-refractivity contribution in [1.29, 1.82) is 0 Å². The Kier molecular flexibility index (Phi) is 8.96. The van der Waals surface area contributed by atoms with Crippen LogP contribution in [0.1, 0.15) is 30.4 Å². The molecule has 0 saturated carbocycles. The number of carbonyl (C=O) groups excluding carboxylic acids is 1. The number of nitrogens with zero attached hydrogens (tertiary/aromatic N) is 2. The van der Waals surface area contributed by atoms with Crippen LogP contribution in [0.4, 0.5) is 0 Å². The van der Waals surface area contributed by atoms with Crippen LogP contribution >= 0.6 is 23.2 Å². The highest BCUT2D eigenvalue weighted by Crippen LogP contribution is 2.23. The van der Waals surface area contributed by atoms with Crippen molar-refractivity contribution in [1.82, 2.24) is 14.5 Å². The number of benzene rings is 2. The van der Waals surface area contributed by atoms with Gasteiger partial charge in [0.05, 0.1) is 14.9 Å². The van der Waals surface area contributed by atoms with Gasteiger partial charge in [-0.05, 0) is 74.8 Å². The first-order valence-electron chi connectivity index (χ1n) is 10.7. The van der Waals surface area contributed by atoms with Gasteiger partial charge in [-0.3, -0.25) is 4.79 Å². The third-order valence-electron chi connectivity index (χ3n) is 5.72. The van der Waals surface area contributed by atoms with Gasteiger partial charge in [0.25, 0.3) is 0 Å². The molecule has 1 aliphatic rings. The van der Waals surface area contributed by atoms with Crippen LogP contribution in [-0.4, -0.2) is 57.4 Å². The average molecular weight is 498 g/mol. The molecule has 1 saturated heterocycles. The average Bonchev–Trinajstić information content (AvgIpc) is 3.31. The molecule has 0 radical (unpaired) electrons. The van der Waals surface area contributed by atoms with Gasteiger partial charge in [-0.1, -0.05) is 41.4 Å². The predicted molar refractivity (Wildman–Crippen MR) is 129 cm³/mol. The van der Waals surface area contributed by atoms with E-state index in [1.54, 1.807) is 36.4 Å². The van der Waals surface area contributed by atoms with Crippen molar-refractivity contribution in [3.05, 3.63) is 63.6 Å². The molecule has 1 aliphatic heterocycles. The van der Waals surface area contributed by atoms with E-state index in [9.17, 15) is 13.2 Å². The van der Waals surface area contributed by atoms with Crippen LogP contribution < -0.4 is 4.72 Å². The zero-order valence-corrected chi connectivity index (χ0v) is 20.5. The lowest BCUT2D eigenvalue weighted by atomic mass is 10.1. The second-order valence-corrected chi connectivity index (χ2v) is 10.7. The normalized spacial score (nSPS) is 14.6. The third-order valence-corrected chi connectivity index (χ3v) is 7.89. The molecule has 0 spiro atoms. The van der Waals surface area contributed by atoms with E-state index in [0.717, 1.165) is 30.8 Å². The molecule has 0 bridgehead atoms. The maximum Gasteiger partial charge on any atom is 0.240 e.